The molecule has 0 aliphatic heterocycles. The summed E-state index contributed by atoms with van der Waals surface area (Å²) in [5.41, 5.74) is -0.154. The third-order valence-electron chi connectivity index (χ3n) is 1.24. The molecule has 0 radical (unpaired) electrons. The maximum absolute atomic E-state index is 10.8. The summed E-state index contributed by atoms with van der Waals surface area (Å²) in [7, 11) is 0. The Morgan fingerprint density at radius 1 is 1.55 bits per heavy atom. The SMILES string of the molecule is CC(=O)c1ccc(Cl)c(=O)[nH]1. The fourth-order valence-electron chi connectivity index (χ4n) is 0.661. The molecule has 3 nitrogen and oxygen atoms in total. The van der Waals surface area contributed by atoms with Gasteiger partial charge in [-0.3, -0.25) is 9.59 Å². The van der Waals surface area contributed by atoms with Crippen molar-refractivity contribution >= 4 is 17.4 Å². The topological polar surface area (TPSA) is 49.9 Å². The predicted molar refractivity (Wildman–Crippen MR) is 42.1 cm³/mol. The van der Waals surface area contributed by atoms with Gasteiger partial charge in [-0.2, -0.15) is 0 Å². The lowest BCUT2D eigenvalue weighted by atomic mass is 10.3. The van der Waals surface area contributed by atoms with Crippen LogP contribution in [0, 0.1) is 0 Å². The lowest BCUT2D eigenvalue weighted by Crippen LogP contribution is -2.10. The molecule has 1 heterocycles. The second-order valence-electron chi connectivity index (χ2n) is 2.11. The molecule has 4 heteroatoms. The first kappa shape index (κ1) is 8.01. The van der Waals surface area contributed by atoms with Crippen LogP contribution in [0.2, 0.25) is 5.02 Å². The van der Waals surface area contributed by atoms with Crippen molar-refractivity contribution in [1.82, 2.24) is 4.98 Å². The van der Waals surface area contributed by atoms with E-state index < -0.39 is 5.56 Å². The van der Waals surface area contributed by atoms with Crippen LogP contribution in [0.5, 0.6) is 0 Å². The summed E-state index contributed by atoms with van der Waals surface area (Å²) in [4.78, 5) is 23.8. The third kappa shape index (κ3) is 1.68. The van der Waals surface area contributed by atoms with Gasteiger partial charge in [-0.15, -0.1) is 0 Å². The first-order valence-corrected chi connectivity index (χ1v) is 3.39. The van der Waals surface area contributed by atoms with Gasteiger partial charge in [0.2, 0.25) is 0 Å². The second kappa shape index (κ2) is 2.88. The van der Waals surface area contributed by atoms with Crippen molar-refractivity contribution < 1.29 is 4.79 Å². The molecule has 0 aromatic carbocycles. The van der Waals surface area contributed by atoms with Crippen LogP contribution in [-0.4, -0.2) is 10.8 Å². The summed E-state index contributed by atoms with van der Waals surface area (Å²) in [5.74, 6) is -0.182. The molecule has 58 valence electrons. The molecule has 1 rings (SSSR count). The van der Waals surface area contributed by atoms with Gasteiger partial charge >= 0.3 is 0 Å². The molecule has 0 unspecified atom stereocenters. The molecule has 0 amide bonds. The fourth-order valence-corrected chi connectivity index (χ4v) is 0.771. The van der Waals surface area contributed by atoms with Gasteiger partial charge in [0.05, 0.1) is 5.69 Å². The minimum atomic E-state index is -0.431. The summed E-state index contributed by atoms with van der Waals surface area (Å²) in [6.07, 6.45) is 0. The highest BCUT2D eigenvalue weighted by molar-refractivity contribution is 6.30. The number of ketones is 1. The van der Waals surface area contributed by atoms with Crippen LogP contribution >= 0.6 is 11.6 Å². The maximum Gasteiger partial charge on any atom is 0.267 e. The molecule has 1 N–H and O–H groups in total. The zero-order chi connectivity index (χ0) is 8.43. The van der Waals surface area contributed by atoms with Crippen molar-refractivity contribution in [3.8, 4) is 0 Å². The van der Waals surface area contributed by atoms with Gasteiger partial charge in [-0.25, -0.2) is 0 Å². The number of hydrogen-bond acceptors (Lipinski definition) is 2. The number of hydrogen-bond donors (Lipinski definition) is 1. The van der Waals surface area contributed by atoms with Crippen LogP contribution in [-0.2, 0) is 0 Å². The molecule has 11 heavy (non-hydrogen) atoms. The maximum atomic E-state index is 10.8. The van der Waals surface area contributed by atoms with Gasteiger partial charge in [0.1, 0.15) is 5.02 Å². The van der Waals surface area contributed by atoms with Gasteiger partial charge < -0.3 is 4.98 Å². The number of H-pyrrole nitrogens is 1. The van der Waals surface area contributed by atoms with Gasteiger partial charge in [0.25, 0.3) is 5.56 Å². The van der Waals surface area contributed by atoms with Crippen LogP contribution < -0.4 is 5.56 Å². The molecule has 0 bridgehead atoms. The molecule has 1 aromatic heterocycles. The van der Waals surface area contributed by atoms with E-state index in [1.54, 1.807) is 0 Å². The number of nitrogens with one attached hydrogen (secondary N) is 1. The zero-order valence-corrected chi connectivity index (χ0v) is 6.61. The van der Waals surface area contributed by atoms with Crippen molar-refractivity contribution in [2.75, 3.05) is 0 Å². The average molecular weight is 172 g/mol. The predicted octanol–water partition coefficient (Wildman–Crippen LogP) is 1.23. The average Bonchev–Trinajstić information content (AvgIpc) is 1.94. The number of rotatable bonds is 1. The summed E-state index contributed by atoms with van der Waals surface area (Å²) >= 11 is 5.43. The molecule has 0 aliphatic rings. The summed E-state index contributed by atoms with van der Waals surface area (Å²) in [6, 6.07) is 2.88. The van der Waals surface area contributed by atoms with E-state index in [4.69, 9.17) is 11.6 Å². The highest BCUT2D eigenvalue weighted by Crippen LogP contribution is 2.00. The standard InChI is InChI=1S/C7H6ClNO2/c1-4(10)6-3-2-5(8)7(11)9-6/h2-3H,1H3,(H,9,11). The summed E-state index contributed by atoms with van der Waals surface area (Å²) < 4.78 is 0. The lowest BCUT2D eigenvalue weighted by molar-refractivity contribution is 0.101. The van der Waals surface area contributed by atoms with Crippen LogP contribution in [0.1, 0.15) is 17.4 Å². The summed E-state index contributed by atoms with van der Waals surface area (Å²) in [5, 5.41) is 0.0926. The number of pyridine rings is 1. The number of carbonyl (C=O) groups is 1. The summed E-state index contributed by atoms with van der Waals surface area (Å²) in [6.45, 7) is 1.37. The fraction of sp³-hybridized carbons (Fsp3) is 0.143. The van der Waals surface area contributed by atoms with Gasteiger partial charge in [0.15, 0.2) is 5.78 Å². The van der Waals surface area contributed by atoms with Crippen molar-refractivity contribution in [2.24, 2.45) is 0 Å². The molecule has 0 saturated heterocycles. The van der Waals surface area contributed by atoms with Crippen LogP contribution in [0.25, 0.3) is 0 Å². The van der Waals surface area contributed by atoms with E-state index in [1.807, 2.05) is 0 Å². The van der Waals surface area contributed by atoms with E-state index in [1.165, 1.54) is 19.1 Å². The van der Waals surface area contributed by atoms with Crippen LogP contribution in [0.3, 0.4) is 0 Å². The number of aromatic amines is 1. The normalized spacial score (nSPS) is 9.64. The van der Waals surface area contributed by atoms with Gasteiger partial charge in [0, 0.05) is 6.92 Å². The van der Waals surface area contributed by atoms with E-state index >= 15 is 0 Å². The molecule has 0 fully saturated rings. The molecule has 1 aromatic rings. The number of halogens is 1. The molecular formula is C7H6ClNO2. The first-order chi connectivity index (χ1) is 5.11. The smallest absolute Gasteiger partial charge is 0.267 e. The molecule has 0 spiro atoms. The Kier molecular flexibility index (Phi) is 2.10. The Morgan fingerprint density at radius 2 is 2.18 bits per heavy atom. The molecule has 0 saturated carbocycles. The number of carbonyl (C=O) groups excluding carboxylic acids is 1. The van der Waals surface area contributed by atoms with E-state index in [9.17, 15) is 9.59 Å². The second-order valence-corrected chi connectivity index (χ2v) is 2.51. The molecule has 0 atom stereocenters. The third-order valence-corrected chi connectivity index (χ3v) is 1.54. The monoisotopic (exact) mass is 171 g/mol. The Hall–Kier alpha value is -1.09. The van der Waals surface area contributed by atoms with Crippen molar-refractivity contribution in [2.45, 2.75) is 6.92 Å². The first-order valence-electron chi connectivity index (χ1n) is 3.01. The van der Waals surface area contributed by atoms with Crippen molar-refractivity contribution in [3.63, 3.8) is 0 Å². The number of aromatic nitrogens is 1. The van der Waals surface area contributed by atoms with Crippen LogP contribution in [0.4, 0.5) is 0 Å². The van der Waals surface area contributed by atoms with Crippen LogP contribution in [0.15, 0.2) is 16.9 Å². The van der Waals surface area contributed by atoms with E-state index in [2.05, 4.69) is 4.98 Å². The zero-order valence-electron chi connectivity index (χ0n) is 5.85. The molecular weight excluding hydrogens is 166 g/mol. The quantitative estimate of drug-likeness (QED) is 0.647. The van der Waals surface area contributed by atoms with E-state index in [-0.39, 0.29) is 16.5 Å². The Balaban J connectivity index is 3.26. The van der Waals surface area contributed by atoms with Gasteiger partial charge in [-0.1, -0.05) is 11.6 Å². The number of Topliss-reactive ketones (excluding diaryl/α,β-unsaturated/α-hetero) is 1. The molecule has 0 aliphatic carbocycles. The minimum Gasteiger partial charge on any atom is -0.318 e. The Bertz CT molecular complexity index is 343. The van der Waals surface area contributed by atoms with Crippen molar-refractivity contribution in [1.29, 1.82) is 0 Å². The Labute approximate surface area is 68.0 Å². The Morgan fingerprint density at radius 3 is 2.64 bits per heavy atom. The largest absolute Gasteiger partial charge is 0.318 e. The highest BCUT2D eigenvalue weighted by Gasteiger charge is 2.00. The highest BCUT2D eigenvalue weighted by atomic mass is 35.5. The lowest BCUT2D eigenvalue weighted by Gasteiger charge is -1.93. The van der Waals surface area contributed by atoms with Gasteiger partial charge in [-0.05, 0) is 12.1 Å². The van der Waals surface area contributed by atoms with E-state index in [0.29, 0.717) is 0 Å². The van der Waals surface area contributed by atoms with E-state index in [0.717, 1.165) is 0 Å². The minimum absolute atomic E-state index is 0.0926. The van der Waals surface area contributed by atoms with Crippen molar-refractivity contribution in [3.05, 3.63) is 33.2 Å².